The fourth-order valence-electron chi connectivity index (χ4n) is 2.64. The fourth-order valence-corrected chi connectivity index (χ4v) is 2.64. The summed E-state index contributed by atoms with van der Waals surface area (Å²) < 4.78 is 5.80. The number of ether oxygens (including phenoxy) is 1. The van der Waals surface area contributed by atoms with Crippen LogP contribution >= 0.6 is 0 Å². The summed E-state index contributed by atoms with van der Waals surface area (Å²) in [5, 5.41) is 0. The van der Waals surface area contributed by atoms with Crippen molar-refractivity contribution < 1.29 is 4.74 Å². The molecule has 0 radical (unpaired) electrons. The van der Waals surface area contributed by atoms with Gasteiger partial charge in [-0.3, -0.25) is 4.90 Å². The molecule has 2 N–H and O–H groups in total. The molecule has 1 aliphatic heterocycles. The van der Waals surface area contributed by atoms with Gasteiger partial charge in [0.2, 0.25) is 0 Å². The molecular weight excluding hydrogens is 236 g/mol. The Kier molecular flexibility index (Phi) is 5.23. The zero-order valence-corrected chi connectivity index (χ0v) is 12.1. The maximum absolute atomic E-state index is 5.80. The smallest absolute Gasteiger partial charge is 0.119 e. The highest BCUT2D eigenvalue weighted by Crippen LogP contribution is 2.21. The van der Waals surface area contributed by atoms with Gasteiger partial charge in [0.15, 0.2) is 0 Å². The summed E-state index contributed by atoms with van der Waals surface area (Å²) in [4.78, 5) is 2.50. The first-order valence-electron chi connectivity index (χ1n) is 7.33. The van der Waals surface area contributed by atoms with Gasteiger partial charge in [-0.1, -0.05) is 26.0 Å². The number of rotatable bonds is 6. The largest absolute Gasteiger partial charge is 0.492 e. The molecule has 0 saturated carbocycles. The summed E-state index contributed by atoms with van der Waals surface area (Å²) in [6.07, 6.45) is 0.934. The maximum Gasteiger partial charge on any atom is 0.119 e. The van der Waals surface area contributed by atoms with E-state index in [-0.39, 0.29) is 0 Å². The summed E-state index contributed by atoms with van der Waals surface area (Å²) in [6.45, 7) is 9.59. The average Bonchev–Trinajstić information content (AvgIpc) is 2.71. The van der Waals surface area contributed by atoms with Crippen molar-refractivity contribution in [3.63, 3.8) is 0 Å². The zero-order chi connectivity index (χ0) is 13.7. The van der Waals surface area contributed by atoms with E-state index in [1.54, 1.807) is 0 Å². The minimum atomic E-state index is 0.700. The minimum absolute atomic E-state index is 0.700. The lowest BCUT2D eigenvalue weighted by Crippen LogP contribution is -2.26. The van der Waals surface area contributed by atoms with E-state index in [4.69, 9.17) is 10.5 Å². The van der Waals surface area contributed by atoms with Crippen molar-refractivity contribution >= 4 is 0 Å². The number of nitrogens with two attached hydrogens (primary N) is 1. The molecule has 1 heterocycles. The van der Waals surface area contributed by atoms with Crippen LogP contribution in [0.15, 0.2) is 24.3 Å². The predicted molar refractivity (Wildman–Crippen MR) is 79.5 cm³/mol. The van der Waals surface area contributed by atoms with Crippen molar-refractivity contribution in [2.75, 3.05) is 32.8 Å². The second-order valence-corrected chi connectivity index (χ2v) is 5.75. The van der Waals surface area contributed by atoms with Crippen molar-refractivity contribution in [2.45, 2.75) is 20.3 Å². The normalized spacial score (nSPS) is 23.7. The van der Waals surface area contributed by atoms with Crippen LogP contribution in [0.1, 0.15) is 19.4 Å². The number of nitrogens with zero attached hydrogens (tertiary/aromatic N) is 1. The zero-order valence-electron chi connectivity index (χ0n) is 12.1. The van der Waals surface area contributed by atoms with E-state index in [1.165, 1.54) is 18.7 Å². The molecule has 1 aromatic carbocycles. The summed E-state index contributed by atoms with van der Waals surface area (Å²) in [6, 6.07) is 8.28. The van der Waals surface area contributed by atoms with Crippen LogP contribution in [-0.2, 0) is 6.42 Å². The molecule has 1 aromatic rings. The molecule has 106 valence electrons. The maximum atomic E-state index is 5.80. The van der Waals surface area contributed by atoms with E-state index in [1.807, 2.05) is 12.1 Å². The van der Waals surface area contributed by atoms with Crippen LogP contribution in [0.5, 0.6) is 5.75 Å². The minimum Gasteiger partial charge on any atom is -0.492 e. The Balaban J connectivity index is 1.71. The SMILES string of the molecule is C[C@@H]1CN(CCOc2ccc(CCN)cc2)C[C@@H]1C. The van der Waals surface area contributed by atoms with Gasteiger partial charge < -0.3 is 10.5 Å². The Morgan fingerprint density at radius 3 is 2.37 bits per heavy atom. The van der Waals surface area contributed by atoms with Crippen LogP contribution < -0.4 is 10.5 Å². The molecule has 0 amide bonds. The van der Waals surface area contributed by atoms with E-state index in [9.17, 15) is 0 Å². The van der Waals surface area contributed by atoms with Gasteiger partial charge >= 0.3 is 0 Å². The number of likely N-dealkylation sites (tertiary alicyclic amines) is 1. The Hall–Kier alpha value is -1.06. The molecule has 0 unspecified atom stereocenters. The highest BCUT2D eigenvalue weighted by Gasteiger charge is 2.25. The summed E-state index contributed by atoms with van der Waals surface area (Å²) in [7, 11) is 0. The third-order valence-electron chi connectivity index (χ3n) is 4.10. The molecule has 19 heavy (non-hydrogen) atoms. The molecule has 3 heteroatoms. The quantitative estimate of drug-likeness (QED) is 0.854. The Bertz CT molecular complexity index is 367. The van der Waals surface area contributed by atoms with E-state index < -0.39 is 0 Å². The number of hydrogen-bond acceptors (Lipinski definition) is 3. The van der Waals surface area contributed by atoms with Crippen molar-refractivity contribution in [2.24, 2.45) is 17.6 Å². The van der Waals surface area contributed by atoms with Gasteiger partial charge in [-0.25, -0.2) is 0 Å². The standard InChI is InChI=1S/C16H26N2O/c1-13-11-18(12-14(13)2)9-10-19-16-5-3-15(4-6-16)7-8-17/h3-6,13-14H,7-12,17H2,1-2H3/t13-,14+. The lowest BCUT2D eigenvalue weighted by molar-refractivity contribution is 0.232. The first kappa shape index (κ1) is 14.4. The van der Waals surface area contributed by atoms with Gasteiger partial charge in [-0.2, -0.15) is 0 Å². The fraction of sp³-hybridized carbons (Fsp3) is 0.625. The number of benzene rings is 1. The van der Waals surface area contributed by atoms with Crippen LogP contribution in [0.2, 0.25) is 0 Å². The molecule has 2 rings (SSSR count). The van der Waals surface area contributed by atoms with Gasteiger partial charge in [-0.05, 0) is 42.5 Å². The molecule has 3 nitrogen and oxygen atoms in total. The molecule has 1 aliphatic rings. The third-order valence-corrected chi connectivity index (χ3v) is 4.10. The topological polar surface area (TPSA) is 38.5 Å². The summed E-state index contributed by atoms with van der Waals surface area (Å²) in [5.74, 6) is 2.59. The van der Waals surface area contributed by atoms with E-state index in [2.05, 4.69) is 30.9 Å². The first-order chi connectivity index (χ1) is 9.19. The van der Waals surface area contributed by atoms with Crippen LogP contribution in [0.4, 0.5) is 0 Å². The third kappa shape index (κ3) is 4.22. The predicted octanol–water partition coefficient (Wildman–Crippen LogP) is 2.15. The lowest BCUT2D eigenvalue weighted by atomic mass is 10.0. The van der Waals surface area contributed by atoms with Crippen molar-refractivity contribution in [3.8, 4) is 5.75 Å². The van der Waals surface area contributed by atoms with Crippen molar-refractivity contribution in [3.05, 3.63) is 29.8 Å². The van der Waals surface area contributed by atoms with Crippen molar-refractivity contribution in [1.82, 2.24) is 4.90 Å². The van der Waals surface area contributed by atoms with E-state index >= 15 is 0 Å². The Labute approximate surface area is 116 Å². The average molecular weight is 262 g/mol. The van der Waals surface area contributed by atoms with E-state index in [0.29, 0.717) is 6.54 Å². The first-order valence-corrected chi connectivity index (χ1v) is 7.33. The molecule has 2 atom stereocenters. The molecule has 0 spiro atoms. The Morgan fingerprint density at radius 1 is 1.16 bits per heavy atom. The van der Waals surface area contributed by atoms with Crippen LogP contribution in [0.25, 0.3) is 0 Å². The van der Waals surface area contributed by atoms with Crippen LogP contribution in [0, 0.1) is 11.8 Å². The Morgan fingerprint density at radius 2 is 1.79 bits per heavy atom. The summed E-state index contributed by atoms with van der Waals surface area (Å²) in [5.41, 5.74) is 6.81. The van der Waals surface area contributed by atoms with Gasteiger partial charge in [0.05, 0.1) is 0 Å². The number of hydrogen-bond donors (Lipinski definition) is 1. The molecular formula is C16H26N2O. The van der Waals surface area contributed by atoms with Gasteiger partial charge in [-0.15, -0.1) is 0 Å². The molecule has 1 saturated heterocycles. The van der Waals surface area contributed by atoms with Crippen molar-refractivity contribution in [1.29, 1.82) is 0 Å². The lowest BCUT2D eigenvalue weighted by Gasteiger charge is -2.15. The second kappa shape index (κ2) is 6.92. The van der Waals surface area contributed by atoms with Crippen LogP contribution in [0.3, 0.4) is 0 Å². The highest BCUT2D eigenvalue weighted by molar-refractivity contribution is 5.27. The van der Waals surface area contributed by atoms with Gasteiger partial charge in [0.1, 0.15) is 12.4 Å². The molecule has 1 fully saturated rings. The second-order valence-electron chi connectivity index (χ2n) is 5.75. The van der Waals surface area contributed by atoms with E-state index in [0.717, 1.165) is 37.2 Å². The highest BCUT2D eigenvalue weighted by atomic mass is 16.5. The molecule has 0 aromatic heterocycles. The summed E-state index contributed by atoms with van der Waals surface area (Å²) >= 11 is 0. The molecule has 0 aliphatic carbocycles. The van der Waals surface area contributed by atoms with Gasteiger partial charge in [0.25, 0.3) is 0 Å². The monoisotopic (exact) mass is 262 g/mol. The molecule has 0 bridgehead atoms. The van der Waals surface area contributed by atoms with Gasteiger partial charge in [0, 0.05) is 19.6 Å². The van der Waals surface area contributed by atoms with Crippen LogP contribution in [-0.4, -0.2) is 37.7 Å².